The van der Waals surface area contributed by atoms with Crippen molar-refractivity contribution in [3.8, 4) is 0 Å². The first-order valence-electron chi connectivity index (χ1n) is 8.58. The third-order valence-electron chi connectivity index (χ3n) is 5.85. The summed E-state index contributed by atoms with van der Waals surface area (Å²) in [5, 5.41) is 1.30. The number of fused-ring (bicyclic) bond motifs is 3. The molecule has 0 amide bonds. The maximum Gasteiger partial charge on any atom is 0.166 e. The first kappa shape index (κ1) is 14.8. The monoisotopic (exact) mass is 311 g/mol. The number of carbonyl (C=O) groups excluding carboxylic acids is 1. The molecular weight excluding hydrogens is 289 g/mol. The van der Waals surface area contributed by atoms with Gasteiger partial charge in [0.15, 0.2) is 5.78 Å². The minimum atomic E-state index is -0.252. The van der Waals surface area contributed by atoms with Crippen molar-refractivity contribution < 1.29 is 9.18 Å². The van der Waals surface area contributed by atoms with Gasteiger partial charge in [0.05, 0.1) is 0 Å². The van der Waals surface area contributed by atoms with Crippen LogP contribution in [0.1, 0.15) is 42.5 Å². The van der Waals surface area contributed by atoms with Crippen molar-refractivity contribution >= 4 is 16.6 Å². The molecule has 3 heteroatoms. The molecule has 0 aliphatic carbocycles. The van der Waals surface area contributed by atoms with Crippen molar-refractivity contribution in [2.75, 3.05) is 7.05 Å². The standard InChI is InChI=1S/C20H22FNO/c1-22-14-5-4-6-15(22)12-13(11-14)20(23)18-9-10-19(21)17-8-3-2-7-16(17)18/h2-3,7-10,13-15H,4-6,11-12H2,1H3. The lowest BCUT2D eigenvalue weighted by Crippen LogP contribution is -2.51. The molecule has 0 N–H and O–H groups in total. The van der Waals surface area contributed by atoms with Gasteiger partial charge >= 0.3 is 0 Å². The second-order valence-corrected chi connectivity index (χ2v) is 7.08. The molecule has 2 bridgehead atoms. The summed E-state index contributed by atoms with van der Waals surface area (Å²) in [7, 11) is 2.20. The van der Waals surface area contributed by atoms with Crippen molar-refractivity contribution in [1.29, 1.82) is 0 Å². The molecule has 0 aromatic heterocycles. The van der Waals surface area contributed by atoms with Gasteiger partial charge in [0.2, 0.25) is 0 Å². The summed E-state index contributed by atoms with van der Waals surface area (Å²) in [6.07, 6.45) is 5.55. The van der Waals surface area contributed by atoms with E-state index >= 15 is 0 Å². The van der Waals surface area contributed by atoms with E-state index in [9.17, 15) is 9.18 Å². The van der Waals surface area contributed by atoms with E-state index < -0.39 is 0 Å². The van der Waals surface area contributed by atoms with E-state index in [1.807, 2.05) is 18.2 Å². The van der Waals surface area contributed by atoms with Crippen LogP contribution in [-0.4, -0.2) is 29.8 Å². The Labute approximate surface area is 136 Å². The predicted octanol–water partition coefficient (Wildman–Crippen LogP) is 4.42. The van der Waals surface area contributed by atoms with Crippen LogP contribution in [0.25, 0.3) is 10.8 Å². The molecule has 2 unspecified atom stereocenters. The minimum absolute atomic E-state index is 0.0790. The second-order valence-electron chi connectivity index (χ2n) is 7.08. The molecular formula is C20H22FNO. The number of carbonyl (C=O) groups is 1. The average Bonchev–Trinajstić information content (AvgIpc) is 2.55. The van der Waals surface area contributed by atoms with Crippen molar-refractivity contribution in [3.63, 3.8) is 0 Å². The molecule has 2 nitrogen and oxygen atoms in total. The van der Waals surface area contributed by atoms with Gasteiger partial charge in [-0.2, -0.15) is 0 Å². The van der Waals surface area contributed by atoms with E-state index in [1.54, 1.807) is 12.1 Å². The molecule has 2 saturated heterocycles. The molecule has 120 valence electrons. The molecule has 2 aliphatic heterocycles. The number of hydrogen-bond donors (Lipinski definition) is 0. The maximum atomic E-state index is 14.0. The van der Waals surface area contributed by atoms with Crippen molar-refractivity contribution in [2.24, 2.45) is 5.92 Å². The van der Waals surface area contributed by atoms with Crippen LogP contribution < -0.4 is 0 Å². The van der Waals surface area contributed by atoms with Gasteiger partial charge < -0.3 is 4.90 Å². The highest BCUT2D eigenvalue weighted by atomic mass is 19.1. The van der Waals surface area contributed by atoms with E-state index in [0.29, 0.717) is 23.0 Å². The van der Waals surface area contributed by atoms with Crippen LogP contribution in [0.5, 0.6) is 0 Å². The van der Waals surface area contributed by atoms with Crippen LogP contribution >= 0.6 is 0 Å². The Kier molecular flexibility index (Phi) is 3.68. The predicted molar refractivity (Wildman–Crippen MR) is 90.2 cm³/mol. The van der Waals surface area contributed by atoms with Gasteiger partial charge in [-0.05, 0) is 50.2 Å². The summed E-state index contributed by atoms with van der Waals surface area (Å²) in [5.41, 5.74) is 0.689. The SMILES string of the molecule is CN1C2CCCC1CC(C(=O)c1ccc(F)c3ccccc13)C2. The molecule has 2 atom stereocenters. The van der Waals surface area contributed by atoms with Crippen LogP contribution in [0.2, 0.25) is 0 Å². The molecule has 0 radical (unpaired) electrons. The Bertz CT molecular complexity index is 742. The Balaban J connectivity index is 1.69. The van der Waals surface area contributed by atoms with E-state index in [1.165, 1.54) is 25.3 Å². The highest BCUT2D eigenvalue weighted by Crippen LogP contribution is 2.38. The Hall–Kier alpha value is -1.74. The van der Waals surface area contributed by atoms with Crippen LogP contribution in [-0.2, 0) is 0 Å². The molecule has 0 saturated carbocycles. The van der Waals surface area contributed by atoms with Crippen molar-refractivity contribution in [3.05, 3.63) is 47.8 Å². The van der Waals surface area contributed by atoms with Crippen molar-refractivity contribution in [2.45, 2.75) is 44.2 Å². The number of nitrogens with zero attached hydrogens (tertiary/aromatic N) is 1. The van der Waals surface area contributed by atoms with Gasteiger partial charge in [0, 0.05) is 29.0 Å². The smallest absolute Gasteiger partial charge is 0.166 e. The Morgan fingerprint density at radius 1 is 1.04 bits per heavy atom. The second kappa shape index (κ2) is 5.72. The molecule has 4 rings (SSSR count). The summed E-state index contributed by atoms with van der Waals surface area (Å²) in [5.74, 6) is 0.0268. The molecule has 2 fully saturated rings. The molecule has 2 heterocycles. The van der Waals surface area contributed by atoms with Gasteiger partial charge in [-0.3, -0.25) is 4.79 Å². The number of Topliss-reactive ketones (excluding diaryl/α,β-unsaturated/α-hetero) is 1. The first-order valence-corrected chi connectivity index (χ1v) is 8.58. The summed E-state index contributed by atoms with van der Waals surface area (Å²) in [6, 6.07) is 11.5. The topological polar surface area (TPSA) is 20.3 Å². The zero-order valence-electron chi connectivity index (χ0n) is 13.5. The quantitative estimate of drug-likeness (QED) is 0.765. The van der Waals surface area contributed by atoms with E-state index in [2.05, 4.69) is 11.9 Å². The molecule has 2 aliphatic rings. The molecule has 2 aromatic carbocycles. The van der Waals surface area contributed by atoms with E-state index in [0.717, 1.165) is 18.2 Å². The minimum Gasteiger partial charge on any atom is -0.300 e. The van der Waals surface area contributed by atoms with Gasteiger partial charge in [0.25, 0.3) is 0 Å². The Morgan fingerprint density at radius 3 is 2.39 bits per heavy atom. The fourth-order valence-electron chi connectivity index (χ4n) is 4.53. The van der Waals surface area contributed by atoms with Gasteiger partial charge in [0.1, 0.15) is 5.82 Å². The zero-order valence-corrected chi connectivity index (χ0v) is 13.5. The van der Waals surface area contributed by atoms with Gasteiger partial charge in [-0.15, -0.1) is 0 Å². The lowest BCUT2D eigenvalue weighted by molar-refractivity contribution is 0.0339. The molecule has 23 heavy (non-hydrogen) atoms. The lowest BCUT2D eigenvalue weighted by Gasteiger charge is -2.46. The highest BCUT2D eigenvalue weighted by Gasteiger charge is 2.39. The third kappa shape index (κ3) is 2.47. The van der Waals surface area contributed by atoms with Crippen LogP contribution in [0.3, 0.4) is 0 Å². The van der Waals surface area contributed by atoms with E-state index in [4.69, 9.17) is 0 Å². The zero-order chi connectivity index (χ0) is 16.0. The average molecular weight is 311 g/mol. The summed E-state index contributed by atoms with van der Waals surface area (Å²) < 4.78 is 14.0. The summed E-state index contributed by atoms with van der Waals surface area (Å²) in [6.45, 7) is 0. The normalized spacial score (nSPS) is 28.0. The maximum absolute atomic E-state index is 14.0. The number of rotatable bonds is 2. The number of benzene rings is 2. The first-order chi connectivity index (χ1) is 11.1. The lowest BCUT2D eigenvalue weighted by atomic mass is 9.75. The number of ketones is 1. The summed E-state index contributed by atoms with van der Waals surface area (Å²) in [4.78, 5) is 15.6. The third-order valence-corrected chi connectivity index (χ3v) is 5.85. The fraction of sp³-hybridized carbons (Fsp3) is 0.450. The number of hydrogen-bond acceptors (Lipinski definition) is 2. The van der Waals surface area contributed by atoms with Gasteiger partial charge in [-0.25, -0.2) is 4.39 Å². The van der Waals surface area contributed by atoms with Crippen molar-refractivity contribution in [1.82, 2.24) is 4.90 Å². The highest BCUT2D eigenvalue weighted by molar-refractivity contribution is 6.09. The molecule has 2 aromatic rings. The van der Waals surface area contributed by atoms with Crippen LogP contribution in [0.4, 0.5) is 4.39 Å². The molecule has 0 spiro atoms. The summed E-state index contributed by atoms with van der Waals surface area (Å²) >= 11 is 0. The van der Waals surface area contributed by atoms with Crippen LogP contribution in [0.15, 0.2) is 36.4 Å². The Morgan fingerprint density at radius 2 is 1.70 bits per heavy atom. The van der Waals surface area contributed by atoms with Crippen LogP contribution in [0, 0.1) is 11.7 Å². The number of halogens is 1. The van der Waals surface area contributed by atoms with Gasteiger partial charge in [-0.1, -0.05) is 30.7 Å². The fourth-order valence-corrected chi connectivity index (χ4v) is 4.53. The largest absolute Gasteiger partial charge is 0.300 e. The van der Waals surface area contributed by atoms with E-state index in [-0.39, 0.29) is 17.5 Å². The number of piperidine rings is 2.